The highest BCUT2D eigenvalue weighted by Crippen LogP contribution is 2.13. The number of aliphatic carboxylic acids is 1. The number of benzene rings is 1. The van der Waals surface area contributed by atoms with Crippen molar-refractivity contribution in [2.24, 2.45) is 0 Å². The summed E-state index contributed by atoms with van der Waals surface area (Å²) in [5.74, 6) is -2.30. The Bertz CT molecular complexity index is 744. The monoisotopic (exact) mass is 316 g/mol. The lowest BCUT2D eigenvalue weighted by molar-refractivity contribution is -0.142. The average Bonchev–Trinajstić information content (AvgIpc) is 2.57. The number of nitrogens with one attached hydrogen (secondary N) is 1. The van der Waals surface area contributed by atoms with Crippen molar-refractivity contribution in [3.8, 4) is 0 Å². The first kappa shape index (κ1) is 16.4. The lowest BCUT2D eigenvalue weighted by Gasteiger charge is -2.14. The number of amides is 1. The molecule has 0 spiro atoms. The van der Waals surface area contributed by atoms with Gasteiger partial charge in [-0.2, -0.15) is 0 Å². The molecule has 2 aromatic rings. The van der Waals surface area contributed by atoms with E-state index in [-0.39, 0.29) is 18.4 Å². The van der Waals surface area contributed by atoms with Gasteiger partial charge >= 0.3 is 11.9 Å². The maximum Gasteiger partial charge on any atom is 0.326 e. The van der Waals surface area contributed by atoms with Crippen molar-refractivity contribution in [2.75, 3.05) is 7.11 Å². The Hall–Kier alpha value is -2.96. The van der Waals surface area contributed by atoms with Crippen LogP contribution in [0.5, 0.6) is 0 Å². The number of carboxylic acid groups (broad SMARTS) is 1. The van der Waals surface area contributed by atoms with Crippen LogP contribution in [0.25, 0.3) is 10.9 Å². The van der Waals surface area contributed by atoms with E-state index in [4.69, 9.17) is 5.11 Å². The van der Waals surface area contributed by atoms with Gasteiger partial charge in [0.05, 0.1) is 18.2 Å². The fourth-order valence-electron chi connectivity index (χ4n) is 2.06. The van der Waals surface area contributed by atoms with E-state index >= 15 is 0 Å². The number of carboxylic acids is 1. The summed E-state index contributed by atoms with van der Waals surface area (Å²) in [6, 6.07) is 7.74. The number of pyridine rings is 1. The lowest BCUT2D eigenvalue weighted by Crippen LogP contribution is -2.41. The molecule has 0 saturated carbocycles. The number of esters is 1. The van der Waals surface area contributed by atoms with Crippen molar-refractivity contribution in [1.29, 1.82) is 0 Å². The summed E-state index contributed by atoms with van der Waals surface area (Å²) >= 11 is 0. The van der Waals surface area contributed by atoms with E-state index in [1.165, 1.54) is 13.3 Å². The highest BCUT2D eigenvalue weighted by molar-refractivity contribution is 5.99. The first-order valence-corrected chi connectivity index (χ1v) is 6.96. The standard InChI is InChI=1S/C16H16N2O5/c1-23-14(19)7-6-13(16(21)22)18-15(20)11-8-10-4-2-3-5-12(10)17-9-11/h2-5,8-9,13H,6-7H2,1H3,(H,18,20)(H,21,22)/t13-/m0/s1. The third-order valence-electron chi connectivity index (χ3n) is 3.32. The molecule has 0 radical (unpaired) electrons. The van der Waals surface area contributed by atoms with E-state index < -0.39 is 23.9 Å². The molecule has 1 aromatic carbocycles. The molecule has 0 aliphatic heterocycles. The van der Waals surface area contributed by atoms with Gasteiger partial charge in [-0.1, -0.05) is 18.2 Å². The summed E-state index contributed by atoms with van der Waals surface area (Å²) in [7, 11) is 1.22. The van der Waals surface area contributed by atoms with E-state index in [0.717, 1.165) is 10.9 Å². The van der Waals surface area contributed by atoms with Crippen molar-refractivity contribution < 1.29 is 24.2 Å². The smallest absolute Gasteiger partial charge is 0.326 e. The average molecular weight is 316 g/mol. The minimum Gasteiger partial charge on any atom is -0.480 e. The second-order valence-electron chi connectivity index (χ2n) is 4.90. The van der Waals surface area contributed by atoms with Crippen LogP contribution < -0.4 is 5.32 Å². The summed E-state index contributed by atoms with van der Waals surface area (Å²) in [5, 5.41) is 12.3. The number of methoxy groups -OCH3 is 1. The van der Waals surface area contributed by atoms with Crippen LogP contribution in [0.1, 0.15) is 23.2 Å². The fraction of sp³-hybridized carbons (Fsp3) is 0.250. The predicted octanol–water partition coefficient (Wildman–Crippen LogP) is 1.37. The number of hydrogen-bond acceptors (Lipinski definition) is 5. The van der Waals surface area contributed by atoms with Crippen molar-refractivity contribution in [3.63, 3.8) is 0 Å². The summed E-state index contributed by atoms with van der Waals surface area (Å²) < 4.78 is 4.46. The molecule has 1 atom stereocenters. The van der Waals surface area contributed by atoms with Crippen LogP contribution >= 0.6 is 0 Å². The number of rotatable bonds is 6. The zero-order valence-corrected chi connectivity index (χ0v) is 12.5. The Balaban J connectivity index is 2.10. The minimum atomic E-state index is -1.21. The second-order valence-corrected chi connectivity index (χ2v) is 4.90. The van der Waals surface area contributed by atoms with Crippen LogP contribution in [0.3, 0.4) is 0 Å². The van der Waals surface area contributed by atoms with E-state index in [2.05, 4.69) is 15.0 Å². The van der Waals surface area contributed by atoms with Gasteiger partial charge in [0.1, 0.15) is 6.04 Å². The third kappa shape index (κ3) is 4.26. The van der Waals surface area contributed by atoms with Gasteiger partial charge in [0, 0.05) is 18.0 Å². The van der Waals surface area contributed by atoms with Gasteiger partial charge in [-0.3, -0.25) is 14.6 Å². The molecule has 0 fully saturated rings. The first-order valence-electron chi connectivity index (χ1n) is 6.96. The molecule has 2 rings (SSSR count). The maximum absolute atomic E-state index is 12.2. The molecule has 1 heterocycles. The van der Waals surface area contributed by atoms with Crippen LogP contribution in [-0.4, -0.2) is 41.1 Å². The largest absolute Gasteiger partial charge is 0.480 e. The van der Waals surface area contributed by atoms with Crippen LogP contribution in [0.2, 0.25) is 0 Å². The Labute approximate surface area is 132 Å². The highest BCUT2D eigenvalue weighted by atomic mass is 16.5. The number of fused-ring (bicyclic) bond motifs is 1. The van der Waals surface area contributed by atoms with Gasteiger partial charge in [0.15, 0.2) is 0 Å². The summed E-state index contributed by atoms with van der Waals surface area (Å²) in [6.07, 6.45) is 1.25. The van der Waals surface area contributed by atoms with Gasteiger partial charge in [-0.05, 0) is 18.6 Å². The van der Waals surface area contributed by atoms with Crippen LogP contribution in [0.15, 0.2) is 36.5 Å². The molecule has 0 aliphatic rings. The van der Waals surface area contributed by atoms with Crippen LogP contribution in [-0.2, 0) is 14.3 Å². The number of carbonyl (C=O) groups is 3. The molecule has 0 unspecified atom stereocenters. The van der Waals surface area contributed by atoms with Crippen LogP contribution in [0, 0.1) is 0 Å². The maximum atomic E-state index is 12.2. The van der Waals surface area contributed by atoms with E-state index in [1.807, 2.05) is 24.3 Å². The quantitative estimate of drug-likeness (QED) is 0.780. The number of hydrogen-bond donors (Lipinski definition) is 2. The van der Waals surface area contributed by atoms with Crippen LogP contribution in [0.4, 0.5) is 0 Å². The zero-order valence-electron chi connectivity index (χ0n) is 12.5. The van der Waals surface area contributed by atoms with Crippen molar-refractivity contribution in [2.45, 2.75) is 18.9 Å². The summed E-state index contributed by atoms with van der Waals surface area (Å²) in [5.41, 5.74) is 0.998. The number of carbonyl (C=O) groups excluding carboxylic acids is 2. The fourth-order valence-corrected chi connectivity index (χ4v) is 2.06. The molecular formula is C16H16N2O5. The van der Waals surface area contributed by atoms with Gasteiger partial charge in [-0.25, -0.2) is 4.79 Å². The number of nitrogens with zero attached hydrogens (tertiary/aromatic N) is 1. The van der Waals surface area contributed by atoms with Crippen molar-refractivity contribution in [1.82, 2.24) is 10.3 Å². The molecule has 7 nitrogen and oxygen atoms in total. The van der Waals surface area contributed by atoms with Crippen molar-refractivity contribution in [3.05, 3.63) is 42.1 Å². The van der Waals surface area contributed by atoms with Gasteiger partial charge in [-0.15, -0.1) is 0 Å². The number of ether oxygens (including phenoxy) is 1. The number of aromatic nitrogens is 1. The highest BCUT2D eigenvalue weighted by Gasteiger charge is 2.22. The summed E-state index contributed by atoms with van der Waals surface area (Å²) in [6.45, 7) is 0. The number of para-hydroxylation sites is 1. The minimum absolute atomic E-state index is 0.0469. The Morgan fingerprint density at radius 2 is 2.04 bits per heavy atom. The van der Waals surface area contributed by atoms with Crippen molar-refractivity contribution >= 4 is 28.7 Å². The molecule has 7 heteroatoms. The third-order valence-corrected chi connectivity index (χ3v) is 3.32. The molecule has 1 amide bonds. The lowest BCUT2D eigenvalue weighted by atomic mass is 10.1. The van der Waals surface area contributed by atoms with E-state index in [0.29, 0.717) is 0 Å². The molecule has 0 aliphatic carbocycles. The van der Waals surface area contributed by atoms with E-state index in [9.17, 15) is 14.4 Å². The molecule has 1 aromatic heterocycles. The van der Waals surface area contributed by atoms with Gasteiger partial charge in [0.25, 0.3) is 5.91 Å². The Kier molecular flexibility index (Phi) is 5.24. The Morgan fingerprint density at radius 1 is 1.30 bits per heavy atom. The summed E-state index contributed by atoms with van der Waals surface area (Å²) in [4.78, 5) is 38.6. The molecule has 23 heavy (non-hydrogen) atoms. The first-order chi connectivity index (χ1) is 11.0. The molecule has 120 valence electrons. The molecule has 0 saturated heterocycles. The molecule has 2 N–H and O–H groups in total. The molecule has 0 bridgehead atoms. The normalized spacial score (nSPS) is 11.7. The predicted molar refractivity (Wildman–Crippen MR) is 81.9 cm³/mol. The zero-order chi connectivity index (χ0) is 16.8. The molecular weight excluding hydrogens is 300 g/mol. The topological polar surface area (TPSA) is 106 Å². The van der Waals surface area contributed by atoms with Gasteiger partial charge in [0.2, 0.25) is 0 Å². The second kappa shape index (κ2) is 7.35. The van der Waals surface area contributed by atoms with E-state index in [1.54, 1.807) is 6.07 Å². The van der Waals surface area contributed by atoms with Gasteiger partial charge < -0.3 is 15.2 Å². The Morgan fingerprint density at radius 3 is 2.74 bits per heavy atom. The SMILES string of the molecule is COC(=O)CC[C@H](NC(=O)c1cnc2ccccc2c1)C(=O)O.